The number of hydrogen-bond acceptors (Lipinski definition) is 4. The Labute approximate surface area is 81.5 Å². The van der Waals surface area contributed by atoms with Gasteiger partial charge in [0, 0.05) is 6.42 Å². The number of aliphatic hydroxyl groups is 2. The number of allylic oxidation sites excluding steroid dienone is 1. The van der Waals surface area contributed by atoms with Gasteiger partial charge in [0.2, 0.25) is 4.93 Å². The Bertz CT molecular complexity index is 344. The van der Waals surface area contributed by atoms with Crippen LogP contribution in [0.15, 0.2) is 24.0 Å². The molecule has 0 fully saturated rings. The van der Waals surface area contributed by atoms with Crippen molar-refractivity contribution in [2.45, 2.75) is 11.4 Å². The first kappa shape index (κ1) is 12.4. The molecule has 0 radical (unpaired) electrons. The zero-order valence-electron chi connectivity index (χ0n) is 6.41. The second-order valence-corrected chi connectivity index (χ2v) is 4.14. The monoisotopic (exact) mass is 228 g/mol. The largest absolute Gasteiger partial charge is 0.508 e. The molecular formula is C6H9ClO5S. The maximum atomic E-state index is 10.6. The van der Waals surface area contributed by atoms with Crippen LogP contribution in [-0.4, -0.2) is 28.1 Å². The lowest BCUT2D eigenvalue weighted by Crippen LogP contribution is -2.36. The van der Waals surface area contributed by atoms with Gasteiger partial charge in [-0.05, 0) is 18.2 Å². The molecule has 3 N–H and O–H groups in total. The molecule has 0 heterocycles. The van der Waals surface area contributed by atoms with Crippen LogP contribution in [0.2, 0.25) is 0 Å². The highest BCUT2D eigenvalue weighted by atomic mass is 35.5. The fourth-order valence-electron chi connectivity index (χ4n) is 0.794. The summed E-state index contributed by atoms with van der Waals surface area (Å²) in [6.07, 6.45) is 2.59. The van der Waals surface area contributed by atoms with Gasteiger partial charge in [-0.15, -0.1) is 12.4 Å². The Hall–Kier alpha value is -0.560. The first-order chi connectivity index (χ1) is 5.35. The molecule has 13 heavy (non-hydrogen) atoms. The molecule has 1 atom stereocenters. The van der Waals surface area contributed by atoms with E-state index in [1.54, 1.807) is 0 Å². The van der Waals surface area contributed by atoms with Crippen LogP contribution in [0.4, 0.5) is 0 Å². The van der Waals surface area contributed by atoms with E-state index >= 15 is 0 Å². The van der Waals surface area contributed by atoms with Crippen LogP contribution in [0, 0.1) is 0 Å². The van der Waals surface area contributed by atoms with E-state index < -0.39 is 15.1 Å². The van der Waals surface area contributed by atoms with E-state index in [1.165, 1.54) is 0 Å². The molecule has 0 saturated heterocycles. The van der Waals surface area contributed by atoms with Crippen molar-refractivity contribution in [1.82, 2.24) is 0 Å². The summed E-state index contributed by atoms with van der Waals surface area (Å²) in [5.41, 5.74) is 0. The Kier molecular flexibility index (Phi) is 3.51. The fourth-order valence-corrected chi connectivity index (χ4v) is 1.33. The minimum atomic E-state index is -4.54. The summed E-state index contributed by atoms with van der Waals surface area (Å²) in [5.74, 6) is -0.136. The van der Waals surface area contributed by atoms with Gasteiger partial charge in [-0.2, -0.15) is 8.42 Å². The molecule has 76 valence electrons. The lowest BCUT2D eigenvalue weighted by atomic mass is 10.1. The molecule has 0 aromatic carbocycles. The van der Waals surface area contributed by atoms with Crippen LogP contribution in [0.1, 0.15) is 6.42 Å². The number of aliphatic hydroxyl groups excluding tert-OH is 1. The van der Waals surface area contributed by atoms with Gasteiger partial charge in [-0.3, -0.25) is 4.55 Å². The molecule has 1 rings (SSSR count). The summed E-state index contributed by atoms with van der Waals surface area (Å²) in [6, 6.07) is 0. The molecule has 0 spiro atoms. The minimum Gasteiger partial charge on any atom is -0.508 e. The lowest BCUT2D eigenvalue weighted by Gasteiger charge is -2.21. The zero-order chi connectivity index (χ0) is 9.41. The van der Waals surface area contributed by atoms with Crippen LogP contribution in [0.3, 0.4) is 0 Å². The third kappa shape index (κ3) is 2.44. The van der Waals surface area contributed by atoms with Crippen molar-refractivity contribution in [1.29, 1.82) is 0 Å². The van der Waals surface area contributed by atoms with Gasteiger partial charge < -0.3 is 10.2 Å². The van der Waals surface area contributed by atoms with Gasteiger partial charge in [0.25, 0.3) is 10.1 Å². The SMILES string of the molecule is Cl.O=S(=O)(O)C1(O)C=CC(O)=CC1. The van der Waals surface area contributed by atoms with Crippen LogP contribution < -0.4 is 0 Å². The minimum absolute atomic E-state index is 0. The van der Waals surface area contributed by atoms with Crippen molar-refractivity contribution in [3.8, 4) is 0 Å². The molecule has 1 aliphatic carbocycles. The Balaban J connectivity index is 0.00000144. The van der Waals surface area contributed by atoms with Crippen molar-refractivity contribution in [2.75, 3.05) is 0 Å². The first-order valence-corrected chi connectivity index (χ1v) is 4.57. The molecular weight excluding hydrogens is 220 g/mol. The number of rotatable bonds is 1. The standard InChI is InChI=1S/C6H8O5S.ClH/c7-5-1-3-6(8,4-2-5)12(9,10)11;/h1-3,7-8H,4H2,(H,9,10,11);1H. The van der Waals surface area contributed by atoms with Crippen molar-refractivity contribution >= 4 is 22.5 Å². The van der Waals surface area contributed by atoms with E-state index in [0.29, 0.717) is 0 Å². The molecule has 0 aromatic rings. The van der Waals surface area contributed by atoms with Crippen molar-refractivity contribution in [2.24, 2.45) is 0 Å². The van der Waals surface area contributed by atoms with Crippen LogP contribution >= 0.6 is 12.4 Å². The zero-order valence-corrected chi connectivity index (χ0v) is 8.05. The highest BCUT2D eigenvalue weighted by Crippen LogP contribution is 2.24. The molecule has 5 nitrogen and oxygen atoms in total. The van der Waals surface area contributed by atoms with E-state index in [-0.39, 0.29) is 24.6 Å². The molecule has 7 heteroatoms. The predicted molar refractivity (Wildman–Crippen MR) is 48.2 cm³/mol. The van der Waals surface area contributed by atoms with Crippen LogP contribution in [0.5, 0.6) is 0 Å². The van der Waals surface area contributed by atoms with Crippen molar-refractivity contribution < 1.29 is 23.2 Å². The number of hydrogen-bond donors (Lipinski definition) is 3. The van der Waals surface area contributed by atoms with Gasteiger partial charge in [0.1, 0.15) is 5.76 Å². The summed E-state index contributed by atoms with van der Waals surface area (Å²) in [5, 5.41) is 18.0. The van der Waals surface area contributed by atoms with Gasteiger partial charge >= 0.3 is 0 Å². The second-order valence-electron chi connectivity index (χ2n) is 2.49. The van der Waals surface area contributed by atoms with Crippen LogP contribution in [0.25, 0.3) is 0 Å². The Morgan fingerprint density at radius 3 is 2.31 bits per heavy atom. The highest BCUT2D eigenvalue weighted by Gasteiger charge is 2.38. The molecule has 1 aliphatic rings. The summed E-state index contributed by atoms with van der Waals surface area (Å²) in [4.78, 5) is -2.29. The van der Waals surface area contributed by atoms with E-state index in [0.717, 1.165) is 18.2 Å². The Morgan fingerprint density at radius 2 is 2.00 bits per heavy atom. The van der Waals surface area contributed by atoms with E-state index in [4.69, 9.17) is 9.66 Å². The van der Waals surface area contributed by atoms with Crippen LogP contribution in [-0.2, 0) is 10.1 Å². The van der Waals surface area contributed by atoms with Gasteiger partial charge in [0.05, 0.1) is 0 Å². The summed E-state index contributed by atoms with van der Waals surface area (Å²) < 4.78 is 29.7. The van der Waals surface area contributed by atoms with Crippen molar-refractivity contribution in [3.05, 3.63) is 24.0 Å². The van der Waals surface area contributed by atoms with Crippen molar-refractivity contribution in [3.63, 3.8) is 0 Å². The summed E-state index contributed by atoms with van der Waals surface area (Å²) in [6.45, 7) is 0. The predicted octanol–water partition coefficient (Wildman–Crippen LogP) is 0.386. The van der Waals surface area contributed by atoms with E-state index in [9.17, 15) is 13.5 Å². The quantitative estimate of drug-likeness (QED) is 0.565. The summed E-state index contributed by atoms with van der Waals surface area (Å²) in [7, 11) is -4.54. The molecule has 0 bridgehead atoms. The molecule has 1 unspecified atom stereocenters. The molecule has 0 saturated carbocycles. The molecule has 0 amide bonds. The Morgan fingerprint density at radius 1 is 1.46 bits per heavy atom. The van der Waals surface area contributed by atoms with Gasteiger partial charge in [-0.25, -0.2) is 0 Å². The highest BCUT2D eigenvalue weighted by molar-refractivity contribution is 7.87. The summed E-state index contributed by atoms with van der Waals surface area (Å²) >= 11 is 0. The fraction of sp³-hybridized carbons (Fsp3) is 0.333. The molecule has 0 aliphatic heterocycles. The topological polar surface area (TPSA) is 94.8 Å². The third-order valence-corrected chi connectivity index (χ3v) is 2.76. The van der Waals surface area contributed by atoms with E-state index in [1.807, 2.05) is 0 Å². The lowest BCUT2D eigenvalue weighted by molar-refractivity contribution is 0.160. The normalized spacial score (nSPS) is 27.7. The van der Waals surface area contributed by atoms with Gasteiger partial charge in [-0.1, -0.05) is 0 Å². The average molecular weight is 229 g/mol. The number of halogens is 1. The maximum absolute atomic E-state index is 10.6. The molecule has 0 aromatic heterocycles. The third-order valence-electron chi connectivity index (χ3n) is 1.56. The smallest absolute Gasteiger partial charge is 0.299 e. The second kappa shape index (κ2) is 3.67. The van der Waals surface area contributed by atoms with E-state index in [2.05, 4.69) is 0 Å². The maximum Gasteiger partial charge on any atom is 0.299 e. The first-order valence-electron chi connectivity index (χ1n) is 3.13. The average Bonchev–Trinajstić information content (AvgIpc) is 1.93. The van der Waals surface area contributed by atoms with Gasteiger partial charge in [0.15, 0.2) is 0 Å².